The molecule has 22 heavy (non-hydrogen) atoms. The summed E-state index contributed by atoms with van der Waals surface area (Å²) in [6.07, 6.45) is 0. The zero-order chi connectivity index (χ0) is 15.3. The Hall–Kier alpha value is -1.98. The molecule has 0 aliphatic carbocycles. The number of rotatable bonds is 2. The van der Waals surface area contributed by atoms with E-state index in [-0.39, 0.29) is 5.37 Å². The number of carboxylic acids is 1. The number of para-hydroxylation sites is 1. The van der Waals surface area contributed by atoms with E-state index in [0.29, 0.717) is 5.75 Å². The first-order chi connectivity index (χ1) is 10.6. The van der Waals surface area contributed by atoms with Crippen molar-refractivity contribution in [2.75, 3.05) is 5.75 Å². The number of nitrogens with zero attached hydrogens (tertiary/aromatic N) is 1. The number of fused-ring (bicyclic) bond motifs is 3. The second-order valence-corrected chi connectivity index (χ2v) is 6.76. The molecule has 0 radical (unpaired) electrons. The first-order valence-corrected chi connectivity index (χ1v) is 8.27. The van der Waals surface area contributed by atoms with E-state index < -0.39 is 12.0 Å². The van der Waals surface area contributed by atoms with Crippen molar-refractivity contribution in [1.29, 1.82) is 0 Å². The van der Waals surface area contributed by atoms with E-state index >= 15 is 0 Å². The monoisotopic (exact) mass is 312 g/mol. The van der Waals surface area contributed by atoms with Crippen LogP contribution in [0, 0.1) is 0 Å². The number of aryl methyl sites for hydroxylation is 1. The number of hydrogen-bond acceptors (Lipinski definition) is 3. The van der Waals surface area contributed by atoms with Crippen molar-refractivity contribution in [1.82, 2.24) is 9.88 Å². The van der Waals surface area contributed by atoms with Crippen LogP contribution in [0.15, 0.2) is 42.5 Å². The van der Waals surface area contributed by atoms with Gasteiger partial charge < -0.3 is 9.67 Å². The molecular formula is C17H16N2O2S. The summed E-state index contributed by atoms with van der Waals surface area (Å²) >= 11 is 1.65. The van der Waals surface area contributed by atoms with Gasteiger partial charge in [0.15, 0.2) is 0 Å². The number of carboxylic acid groups (broad SMARTS) is 1. The topological polar surface area (TPSA) is 54.3 Å². The third-order valence-electron chi connectivity index (χ3n) is 4.32. The number of aromatic nitrogens is 1. The molecule has 0 unspecified atom stereocenters. The lowest BCUT2D eigenvalue weighted by Crippen LogP contribution is -2.33. The molecule has 2 heterocycles. The van der Waals surface area contributed by atoms with Crippen LogP contribution in [-0.4, -0.2) is 27.4 Å². The highest BCUT2D eigenvalue weighted by atomic mass is 32.2. The van der Waals surface area contributed by atoms with E-state index in [1.54, 1.807) is 11.8 Å². The molecule has 5 heteroatoms. The Morgan fingerprint density at radius 1 is 1.23 bits per heavy atom. The standard InChI is InChI=1S/C17H16N2O2S/c1-19-14-5-3-2-4-11(14)12-8-10(6-7-15(12)19)16-18-13(9-22-16)17(20)21/h2-8,13,16,18H,9H2,1H3,(H,20,21)/t13-,16-/m1/s1. The van der Waals surface area contributed by atoms with E-state index in [9.17, 15) is 4.79 Å². The van der Waals surface area contributed by atoms with Crippen LogP contribution in [0.1, 0.15) is 10.9 Å². The van der Waals surface area contributed by atoms with Crippen LogP contribution in [-0.2, 0) is 11.8 Å². The second kappa shape index (κ2) is 5.04. The van der Waals surface area contributed by atoms with Crippen molar-refractivity contribution in [3.63, 3.8) is 0 Å². The SMILES string of the molecule is Cn1c2ccccc2c2cc([C@@H]3N[C@@H](C(=O)O)CS3)ccc21. The molecule has 0 spiro atoms. The molecule has 1 saturated heterocycles. The molecule has 2 atom stereocenters. The highest BCUT2D eigenvalue weighted by molar-refractivity contribution is 7.99. The van der Waals surface area contributed by atoms with Crippen LogP contribution in [0.3, 0.4) is 0 Å². The van der Waals surface area contributed by atoms with Gasteiger partial charge in [0.25, 0.3) is 0 Å². The van der Waals surface area contributed by atoms with Gasteiger partial charge in [0.05, 0.1) is 5.37 Å². The van der Waals surface area contributed by atoms with Crippen molar-refractivity contribution in [2.45, 2.75) is 11.4 Å². The number of carbonyl (C=O) groups is 1. The summed E-state index contributed by atoms with van der Waals surface area (Å²) in [5, 5.41) is 14.8. The van der Waals surface area contributed by atoms with E-state index in [1.165, 1.54) is 21.8 Å². The maximum atomic E-state index is 11.1. The summed E-state index contributed by atoms with van der Waals surface area (Å²) in [6.45, 7) is 0. The van der Waals surface area contributed by atoms with Crippen LogP contribution in [0.5, 0.6) is 0 Å². The van der Waals surface area contributed by atoms with E-state index in [0.717, 1.165) is 5.56 Å². The Balaban J connectivity index is 1.81. The van der Waals surface area contributed by atoms with Gasteiger partial charge in [-0.25, -0.2) is 0 Å². The summed E-state index contributed by atoms with van der Waals surface area (Å²) in [6, 6.07) is 14.3. The number of aliphatic carboxylic acids is 1. The van der Waals surface area contributed by atoms with E-state index in [2.05, 4.69) is 53.3 Å². The van der Waals surface area contributed by atoms with Crippen molar-refractivity contribution in [3.05, 3.63) is 48.0 Å². The molecule has 112 valence electrons. The lowest BCUT2D eigenvalue weighted by atomic mass is 10.1. The molecular weight excluding hydrogens is 296 g/mol. The largest absolute Gasteiger partial charge is 0.480 e. The lowest BCUT2D eigenvalue weighted by Gasteiger charge is -2.11. The van der Waals surface area contributed by atoms with Crippen molar-refractivity contribution in [3.8, 4) is 0 Å². The third-order valence-corrected chi connectivity index (χ3v) is 5.59. The van der Waals surface area contributed by atoms with Crippen molar-refractivity contribution >= 4 is 39.5 Å². The Morgan fingerprint density at radius 3 is 2.77 bits per heavy atom. The van der Waals surface area contributed by atoms with Crippen LogP contribution in [0.4, 0.5) is 0 Å². The molecule has 0 saturated carbocycles. The first-order valence-electron chi connectivity index (χ1n) is 7.22. The zero-order valence-corrected chi connectivity index (χ0v) is 12.9. The molecule has 3 aromatic rings. The fraction of sp³-hybridized carbons (Fsp3) is 0.235. The fourth-order valence-corrected chi connectivity index (χ4v) is 4.38. The minimum Gasteiger partial charge on any atom is -0.480 e. The summed E-state index contributed by atoms with van der Waals surface area (Å²) in [4.78, 5) is 11.1. The maximum absolute atomic E-state index is 11.1. The first kappa shape index (κ1) is 13.7. The molecule has 1 fully saturated rings. The average Bonchev–Trinajstić information content (AvgIpc) is 3.13. The van der Waals surface area contributed by atoms with Gasteiger partial charge in [-0.1, -0.05) is 24.3 Å². The van der Waals surface area contributed by atoms with Gasteiger partial charge in [-0.15, -0.1) is 11.8 Å². The predicted molar refractivity (Wildman–Crippen MR) is 90.2 cm³/mol. The molecule has 1 aliphatic rings. The summed E-state index contributed by atoms with van der Waals surface area (Å²) in [5.74, 6) is -0.172. The number of thioether (sulfide) groups is 1. The minimum absolute atomic E-state index is 0.0458. The Bertz CT molecular complexity index is 887. The van der Waals surface area contributed by atoms with Gasteiger partial charge in [0.2, 0.25) is 0 Å². The van der Waals surface area contributed by atoms with Crippen LogP contribution in [0.2, 0.25) is 0 Å². The smallest absolute Gasteiger partial charge is 0.321 e. The van der Waals surface area contributed by atoms with Gasteiger partial charge >= 0.3 is 5.97 Å². The maximum Gasteiger partial charge on any atom is 0.321 e. The zero-order valence-electron chi connectivity index (χ0n) is 12.1. The molecule has 1 aliphatic heterocycles. The van der Waals surface area contributed by atoms with Crippen molar-refractivity contribution in [2.24, 2.45) is 7.05 Å². The van der Waals surface area contributed by atoms with Crippen LogP contribution >= 0.6 is 11.8 Å². The quantitative estimate of drug-likeness (QED) is 0.763. The Labute approximate surface area is 132 Å². The molecule has 0 amide bonds. The van der Waals surface area contributed by atoms with E-state index in [4.69, 9.17) is 5.11 Å². The Morgan fingerprint density at radius 2 is 2.00 bits per heavy atom. The highest BCUT2D eigenvalue weighted by Crippen LogP contribution is 2.36. The summed E-state index contributed by atoms with van der Waals surface area (Å²) in [7, 11) is 2.08. The minimum atomic E-state index is -0.777. The normalized spacial score (nSPS) is 21.7. The average molecular weight is 312 g/mol. The van der Waals surface area contributed by atoms with E-state index in [1.807, 2.05) is 6.07 Å². The highest BCUT2D eigenvalue weighted by Gasteiger charge is 2.30. The van der Waals surface area contributed by atoms with Crippen LogP contribution < -0.4 is 5.32 Å². The van der Waals surface area contributed by atoms with Crippen molar-refractivity contribution < 1.29 is 9.90 Å². The lowest BCUT2D eigenvalue weighted by molar-refractivity contribution is -0.138. The summed E-state index contributed by atoms with van der Waals surface area (Å²) in [5.41, 5.74) is 3.55. The predicted octanol–water partition coefficient (Wildman–Crippen LogP) is 3.12. The number of hydrogen-bond donors (Lipinski definition) is 2. The molecule has 4 nitrogen and oxygen atoms in total. The third kappa shape index (κ3) is 2.01. The van der Waals surface area contributed by atoms with Gasteiger partial charge in [0.1, 0.15) is 6.04 Å². The fourth-order valence-electron chi connectivity index (χ4n) is 3.16. The van der Waals surface area contributed by atoms with Gasteiger partial charge in [-0.05, 0) is 23.8 Å². The molecule has 4 rings (SSSR count). The van der Waals surface area contributed by atoms with Gasteiger partial charge in [-0.3, -0.25) is 10.1 Å². The molecule has 2 N–H and O–H groups in total. The molecule has 0 bridgehead atoms. The second-order valence-electron chi connectivity index (χ2n) is 5.62. The van der Waals surface area contributed by atoms with Crippen LogP contribution in [0.25, 0.3) is 21.8 Å². The van der Waals surface area contributed by atoms with Gasteiger partial charge in [0, 0.05) is 34.6 Å². The number of nitrogens with one attached hydrogen (secondary N) is 1. The van der Waals surface area contributed by atoms with Gasteiger partial charge in [-0.2, -0.15) is 0 Å². The number of benzene rings is 2. The summed E-state index contributed by atoms with van der Waals surface area (Å²) < 4.78 is 2.20. The molecule has 1 aromatic heterocycles. The Kier molecular flexibility index (Phi) is 3.13. The molecule has 2 aromatic carbocycles.